The van der Waals surface area contributed by atoms with Crippen LogP contribution >= 0.6 is 0 Å². The average Bonchev–Trinajstić information content (AvgIpc) is 1.35. The molecule has 0 amide bonds. The molecule has 0 fully saturated rings. The van der Waals surface area contributed by atoms with Crippen molar-refractivity contribution in [1.82, 2.24) is 0 Å². The molecule has 0 unspecified atom stereocenters. The van der Waals surface area contributed by atoms with Gasteiger partial charge < -0.3 is 0 Å². The summed E-state index contributed by atoms with van der Waals surface area (Å²) in [7, 11) is 0. The van der Waals surface area contributed by atoms with Crippen molar-refractivity contribution in [2.24, 2.45) is 0 Å². The van der Waals surface area contributed by atoms with E-state index in [-0.39, 0.29) is 0 Å². The van der Waals surface area contributed by atoms with Crippen molar-refractivity contribution in [2.45, 2.75) is 0 Å². The molecule has 0 rings (SSSR count). The molecular weight excluding hydrogens is 482 g/mol. The molecule has 0 aromatic carbocycles. The summed E-state index contributed by atoms with van der Waals surface area (Å²) in [6, 6.07) is 0. The van der Waals surface area contributed by atoms with Gasteiger partial charge in [0.2, 0.25) is 0 Å². The van der Waals surface area contributed by atoms with E-state index in [9.17, 15) is 8.44 Å². The van der Waals surface area contributed by atoms with Gasteiger partial charge in [-0.15, -0.1) is 0 Å². The van der Waals surface area contributed by atoms with Gasteiger partial charge in [0.1, 0.15) is 0 Å². The molecule has 0 spiro atoms. The molecule has 0 saturated carbocycles. The van der Waals surface area contributed by atoms with Gasteiger partial charge in [-0.2, -0.15) is 0 Å². The van der Waals surface area contributed by atoms with Crippen molar-refractivity contribution < 1.29 is 9.33 Å². The van der Waals surface area contributed by atoms with Gasteiger partial charge in [-0.1, -0.05) is 0 Å². The third-order valence-corrected chi connectivity index (χ3v) is 7.70. The van der Waals surface area contributed by atoms with E-state index in [0.717, 1.165) is 0 Å². The first kappa shape index (κ1) is 7.13. The van der Waals surface area contributed by atoms with Crippen LogP contribution in [0.2, 0.25) is 0 Å². The van der Waals surface area contributed by atoms with Gasteiger partial charge in [-0.3, -0.25) is 0 Å². The van der Waals surface area contributed by atoms with Crippen LogP contribution in [0.1, 0.15) is 0 Å². The van der Waals surface area contributed by atoms with Crippen LogP contribution < -0.4 is 0 Å². The zero-order chi connectivity index (χ0) is 4.99. The van der Waals surface area contributed by atoms with Crippen molar-refractivity contribution in [2.75, 3.05) is 0 Å². The summed E-state index contributed by atoms with van der Waals surface area (Å²) < 4.78 is 31.9. The zero-order valence-corrected chi connectivity index (χ0v) is 9.48. The second-order valence-corrected chi connectivity index (χ2v) is 8.90. The standard InChI is InChI=1S/2Bi.4O. The molecule has 0 N–H and O–H groups in total. The van der Waals surface area contributed by atoms with Crippen LogP contribution in [-0.4, -0.2) is 45.9 Å². The Hall–Kier alpha value is 1.13. The maximum atomic E-state index is 9.40. The second kappa shape index (κ2) is 4.29. The Labute approximate surface area is 54.7 Å². The molecule has 0 aromatic rings. The summed E-state index contributed by atoms with van der Waals surface area (Å²) in [5.41, 5.74) is 0. The molecule has 0 bridgehead atoms. The molecule has 0 aliphatic carbocycles. The Morgan fingerprint density at radius 2 is 2.00 bits per heavy atom. The van der Waals surface area contributed by atoms with Crippen molar-refractivity contribution in [3.63, 3.8) is 0 Å². The Bertz CT molecular complexity index is 92.1. The van der Waals surface area contributed by atoms with Crippen molar-refractivity contribution >= 4 is 45.9 Å². The summed E-state index contributed by atoms with van der Waals surface area (Å²) in [6.45, 7) is 0. The molecule has 6 heavy (non-hydrogen) atoms. The molecule has 34 valence electrons. The van der Waals surface area contributed by atoms with E-state index >= 15 is 0 Å². The Morgan fingerprint density at radius 1 is 1.50 bits per heavy atom. The van der Waals surface area contributed by atoms with Crippen LogP contribution in [0, 0.1) is 0 Å². The average molecular weight is 482 g/mol. The first-order valence-corrected chi connectivity index (χ1v) is 8.01. The molecule has 4 nitrogen and oxygen atoms in total. The summed E-state index contributed by atoms with van der Waals surface area (Å²) >= 11 is -6.11. The van der Waals surface area contributed by atoms with Gasteiger partial charge in [0, 0.05) is 0 Å². The molecule has 0 atom stereocenters. The molecule has 0 aliphatic heterocycles. The minimum atomic E-state index is -3.90. The van der Waals surface area contributed by atoms with E-state index in [2.05, 4.69) is 0.889 Å². The molecule has 0 heterocycles. The van der Waals surface area contributed by atoms with E-state index in [0.29, 0.717) is 0 Å². The van der Waals surface area contributed by atoms with Gasteiger partial charge in [0.05, 0.1) is 0 Å². The van der Waals surface area contributed by atoms with Crippen molar-refractivity contribution in [3.8, 4) is 0 Å². The van der Waals surface area contributed by atoms with Crippen LogP contribution in [0.4, 0.5) is 0 Å². The van der Waals surface area contributed by atoms with Gasteiger partial charge in [0.25, 0.3) is 0 Å². The first-order chi connectivity index (χ1) is 2.77. The quantitative estimate of drug-likeness (QED) is 0.466. The third-order valence-electron chi connectivity index (χ3n) is 0.100. The summed E-state index contributed by atoms with van der Waals surface area (Å²) in [5, 5.41) is 0. The van der Waals surface area contributed by atoms with E-state index in [1.54, 1.807) is 0 Å². The fourth-order valence-electron chi connectivity index (χ4n) is 0.0272. The van der Waals surface area contributed by atoms with E-state index in [4.69, 9.17) is 0 Å². The predicted octanol–water partition coefficient (Wildman–Crippen LogP) is -1.19. The SMILES string of the molecule is [O]=[Bi][O][Bi](=[O])=[O]. The van der Waals surface area contributed by atoms with Crippen LogP contribution in [0.15, 0.2) is 0 Å². The third kappa shape index (κ3) is 5.13. The molecule has 0 saturated heterocycles. The van der Waals surface area contributed by atoms with Gasteiger partial charge in [-0.05, 0) is 0 Å². The van der Waals surface area contributed by atoms with Crippen LogP contribution in [-0.2, 0) is 9.33 Å². The Balaban J connectivity index is 3.32. The molecule has 0 aliphatic rings. The zero-order valence-electron chi connectivity index (χ0n) is 2.53. The predicted molar refractivity (Wildman–Crippen MR) is 14.7 cm³/mol. The van der Waals surface area contributed by atoms with E-state index in [1.165, 1.54) is 0 Å². The number of hydrogen-bond donors (Lipinski definition) is 0. The summed E-state index contributed by atoms with van der Waals surface area (Å²) in [4.78, 5) is 0. The molecule has 6 heteroatoms. The molecule has 0 radical (unpaired) electrons. The van der Waals surface area contributed by atoms with E-state index < -0.39 is 45.9 Å². The van der Waals surface area contributed by atoms with E-state index in [1.807, 2.05) is 0 Å². The normalized spacial score (nSPS) is 7.33. The van der Waals surface area contributed by atoms with Crippen LogP contribution in [0.5, 0.6) is 0 Å². The maximum absolute atomic E-state index is 9.40. The topological polar surface area (TPSA) is 60.4 Å². The van der Waals surface area contributed by atoms with Crippen molar-refractivity contribution in [1.29, 1.82) is 0 Å². The van der Waals surface area contributed by atoms with Crippen molar-refractivity contribution in [3.05, 3.63) is 0 Å². The van der Waals surface area contributed by atoms with Gasteiger partial charge in [0.15, 0.2) is 0 Å². The fourth-order valence-corrected chi connectivity index (χ4v) is 2.10. The molecule has 0 aromatic heterocycles. The molecular formula is Bi2O4. The fraction of sp³-hybridized carbons (Fsp3) is 0. The summed E-state index contributed by atoms with van der Waals surface area (Å²) in [5.74, 6) is 0. The Morgan fingerprint density at radius 3 is 2.00 bits per heavy atom. The van der Waals surface area contributed by atoms with Gasteiger partial charge in [-0.25, -0.2) is 0 Å². The monoisotopic (exact) mass is 482 g/mol. The minimum absolute atomic E-state index is 2.21. The first-order valence-electron chi connectivity index (χ1n) is 0.913. The number of hydrogen-bond acceptors (Lipinski definition) is 4. The van der Waals surface area contributed by atoms with Gasteiger partial charge >= 0.3 is 55.2 Å². The second-order valence-electron chi connectivity index (χ2n) is 0.380. The Kier molecular flexibility index (Phi) is 5.09. The number of rotatable bonds is 2. The van der Waals surface area contributed by atoms with Crippen LogP contribution in [0.3, 0.4) is 0 Å². The summed E-state index contributed by atoms with van der Waals surface area (Å²) in [6.07, 6.45) is 0. The van der Waals surface area contributed by atoms with Crippen LogP contribution in [0.25, 0.3) is 0 Å².